The van der Waals surface area contributed by atoms with Gasteiger partial charge in [0.05, 0.1) is 43.0 Å². The highest BCUT2D eigenvalue weighted by Crippen LogP contribution is 2.52. The molecule has 0 fully saturated rings. The molecule has 232 valence electrons. The zero-order chi connectivity index (χ0) is 35.5. The fourth-order valence-corrected chi connectivity index (χ4v) is 7.72. The molecule has 2 aliphatic carbocycles. The molecular weight excluding hydrogens is 654 g/mol. The summed E-state index contributed by atoms with van der Waals surface area (Å²) in [5, 5.41) is 31.6. The van der Waals surface area contributed by atoms with Crippen LogP contribution in [0.15, 0.2) is 84.2 Å². The van der Waals surface area contributed by atoms with Gasteiger partial charge in [0.1, 0.15) is 6.07 Å². The van der Waals surface area contributed by atoms with Gasteiger partial charge >= 0.3 is 6.18 Å². The SMILES string of the molecule is [C-]#[N+]C(C#N)=C1C(c2ccc3sc4ccc(C5=C([N+]#[C-])c6cc(C(F)(F)F)ccc6C5=C(C#N)[N+]#[C-])cc4c3c2)=C(C#N)c2cc(C)ccc21. The first-order valence-electron chi connectivity index (χ1n) is 14.7. The van der Waals surface area contributed by atoms with Crippen LogP contribution in [0.5, 0.6) is 0 Å². The summed E-state index contributed by atoms with van der Waals surface area (Å²) in [6, 6.07) is 25.5. The number of allylic oxidation sites excluding steroid dienone is 7. The van der Waals surface area contributed by atoms with Gasteiger partial charge in [0.2, 0.25) is 5.70 Å². The second-order valence-corrected chi connectivity index (χ2v) is 12.5. The Morgan fingerprint density at radius 1 is 0.680 bits per heavy atom. The third-order valence-corrected chi connectivity index (χ3v) is 9.90. The summed E-state index contributed by atoms with van der Waals surface area (Å²) in [6.45, 7) is 25.3. The van der Waals surface area contributed by atoms with Gasteiger partial charge in [-0.05, 0) is 87.4 Å². The van der Waals surface area contributed by atoms with E-state index in [1.807, 2.05) is 55.5 Å². The lowest BCUT2D eigenvalue weighted by Crippen LogP contribution is -2.05. The van der Waals surface area contributed by atoms with E-state index in [9.17, 15) is 29.0 Å². The van der Waals surface area contributed by atoms with E-state index < -0.39 is 11.7 Å². The molecule has 0 aliphatic heterocycles. The minimum atomic E-state index is -4.67. The lowest BCUT2D eigenvalue weighted by atomic mass is 9.92. The number of nitrogens with zero attached hydrogens (tertiary/aromatic N) is 6. The summed E-state index contributed by atoms with van der Waals surface area (Å²) in [4.78, 5) is 10.5. The first-order chi connectivity index (χ1) is 24.1. The maximum absolute atomic E-state index is 13.7. The van der Waals surface area contributed by atoms with Crippen LogP contribution in [0.2, 0.25) is 0 Å². The van der Waals surface area contributed by atoms with E-state index in [0.717, 1.165) is 37.9 Å². The summed E-state index contributed by atoms with van der Waals surface area (Å²) in [6.07, 6.45) is -4.67. The molecule has 5 aromatic rings. The Kier molecular flexibility index (Phi) is 7.21. The first kappa shape index (κ1) is 31.4. The topological polar surface area (TPSA) is 84.4 Å². The van der Waals surface area contributed by atoms with Crippen LogP contribution in [0.1, 0.15) is 44.5 Å². The van der Waals surface area contributed by atoms with Crippen LogP contribution in [0.4, 0.5) is 13.2 Å². The molecule has 0 bridgehead atoms. The zero-order valence-electron chi connectivity index (χ0n) is 25.7. The molecule has 10 heteroatoms. The third kappa shape index (κ3) is 4.58. The Morgan fingerprint density at radius 2 is 1.24 bits per heavy atom. The third-order valence-electron chi connectivity index (χ3n) is 8.75. The first-order valence-corrected chi connectivity index (χ1v) is 15.5. The van der Waals surface area contributed by atoms with Crippen molar-refractivity contribution in [3.8, 4) is 18.2 Å². The number of fused-ring (bicyclic) bond motifs is 5. The molecule has 4 aromatic carbocycles. The summed E-state index contributed by atoms with van der Waals surface area (Å²) in [5.41, 5.74) is 3.30. The van der Waals surface area contributed by atoms with E-state index in [4.69, 9.17) is 19.7 Å². The van der Waals surface area contributed by atoms with Crippen molar-refractivity contribution in [3.05, 3.63) is 163 Å². The average Bonchev–Trinajstić information content (AvgIpc) is 3.75. The van der Waals surface area contributed by atoms with Crippen LogP contribution >= 0.6 is 11.3 Å². The molecule has 0 amide bonds. The second kappa shape index (κ2) is 11.5. The van der Waals surface area contributed by atoms with Gasteiger partial charge in [-0.2, -0.15) is 18.4 Å². The Hall–Kier alpha value is -7.21. The van der Waals surface area contributed by atoms with Gasteiger partial charge < -0.3 is 0 Å². The molecule has 50 heavy (non-hydrogen) atoms. The summed E-state index contributed by atoms with van der Waals surface area (Å²) in [7, 11) is 0. The predicted octanol–water partition coefficient (Wildman–Crippen LogP) is 10.9. The van der Waals surface area contributed by atoms with E-state index in [2.05, 4.69) is 20.6 Å². The lowest BCUT2D eigenvalue weighted by molar-refractivity contribution is -0.137. The van der Waals surface area contributed by atoms with Gasteiger partial charge in [0, 0.05) is 25.7 Å². The number of halogens is 3. The number of thiophene rings is 1. The van der Waals surface area contributed by atoms with E-state index >= 15 is 0 Å². The molecule has 0 radical (unpaired) electrons. The van der Waals surface area contributed by atoms with Gasteiger partial charge in [-0.1, -0.05) is 48.0 Å². The number of benzene rings is 4. The number of nitriles is 3. The predicted molar refractivity (Wildman–Crippen MR) is 186 cm³/mol. The van der Waals surface area contributed by atoms with Crippen molar-refractivity contribution in [2.75, 3.05) is 0 Å². The Bertz CT molecular complexity index is 2790. The molecule has 0 atom stereocenters. The van der Waals surface area contributed by atoms with E-state index in [0.29, 0.717) is 39.0 Å². The molecule has 0 N–H and O–H groups in total. The number of aryl methyl sites for hydroxylation is 1. The molecular formula is C40H15F3N6S. The molecule has 0 saturated heterocycles. The normalized spacial score (nSPS) is 15.4. The minimum absolute atomic E-state index is 0.00628. The van der Waals surface area contributed by atoms with Crippen LogP contribution in [-0.2, 0) is 6.18 Å². The fourth-order valence-electron chi connectivity index (χ4n) is 6.66. The van der Waals surface area contributed by atoms with Crippen molar-refractivity contribution < 1.29 is 13.2 Å². The van der Waals surface area contributed by atoms with E-state index in [1.165, 1.54) is 17.4 Å². The van der Waals surface area contributed by atoms with Gasteiger partial charge in [0.25, 0.3) is 11.4 Å². The van der Waals surface area contributed by atoms with Crippen molar-refractivity contribution in [1.29, 1.82) is 15.8 Å². The summed E-state index contributed by atoms with van der Waals surface area (Å²) >= 11 is 1.48. The van der Waals surface area contributed by atoms with Gasteiger partial charge in [-0.25, -0.2) is 25.1 Å². The molecule has 6 nitrogen and oxygen atoms in total. The van der Waals surface area contributed by atoms with Crippen molar-refractivity contribution >= 4 is 65.1 Å². The summed E-state index contributed by atoms with van der Waals surface area (Å²) in [5.74, 6) is 0. The number of hydrogen-bond donors (Lipinski definition) is 0. The fraction of sp³-hybridized carbons (Fsp3) is 0.0500. The van der Waals surface area contributed by atoms with E-state index in [-0.39, 0.29) is 39.4 Å². The zero-order valence-corrected chi connectivity index (χ0v) is 26.5. The number of alkyl halides is 3. The number of hydrogen-bond acceptors (Lipinski definition) is 4. The average molecular weight is 669 g/mol. The maximum atomic E-state index is 13.7. The van der Waals surface area contributed by atoms with Crippen molar-refractivity contribution in [2.45, 2.75) is 13.1 Å². The van der Waals surface area contributed by atoms with Crippen molar-refractivity contribution in [1.82, 2.24) is 0 Å². The Morgan fingerprint density at radius 3 is 1.78 bits per heavy atom. The summed E-state index contributed by atoms with van der Waals surface area (Å²) < 4.78 is 42.9. The van der Waals surface area contributed by atoms with Gasteiger partial charge in [-0.15, -0.1) is 11.3 Å². The van der Waals surface area contributed by atoms with Crippen LogP contribution in [0.25, 0.3) is 68.3 Å². The highest BCUT2D eigenvalue weighted by molar-refractivity contribution is 7.25. The van der Waals surface area contributed by atoms with Crippen LogP contribution in [0, 0.1) is 60.6 Å². The quantitative estimate of drug-likeness (QED) is 0.139. The van der Waals surface area contributed by atoms with Crippen LogP contribution in [0.3, 0.4) is 0 Å². The molecule has 0 saturated carbocycles. The molecule has 0 spiro atoms. The van der Waals surface area contributed by atoms with Gasteiger partial charge in [0.15, 0.2) is 0 Å². The van der Waals surface area contributed by atoms with Crippen LogP contribution < -0.4 is 0 Å². The van der Waals surface area contributed by atoms with E-state index in [1.54, 1.807) is 18.2 Å². The molecule has 2 aliphatic rings. The minimum Gasteiger partial charge on any atom is -0.237 e. The molecule has 7 rings (SSSR count). The molecule has 1 aromatic heterocycles. The van der Waals surface area contributed by atoms with Crippen LogP contribution in [-0.4, -0.2) is 0 Å². The monoisotopic (exact) mass is 668 g/mol. The smallest absolute Gasteiger partial charge is 0.237 e. The molecule has 0 unspecified atom stereocenters. The largest absolute Gasteiger partial charge is 0.416 e. The highest BCUT2D eigenvalue weighted by atomic mass is 32.1. The Labute approximate surface area is 287 Å². The second-order valence-electron chi connectivity index (χ2n) is 11.4. The lowest BCUT2D eigenvalue weighted by Gasteiger charge is -2.11. The van der Waals surface area contributed by atoms with Crippen molar-refractivity contribution in [2.24, 2.45) is 0 Å². The molecule has 1 heterocycles. The standard InChI is InChI=1S/C40H15F3N6S/c1-20-5-9-24-26(13-20)30(17-44)35(37(24)31(18-45)47-2)21-6-11-33-27(14-21)28-15-22(7-12-34(28)50-33)36-38(32(19-46)48-3)25-10-8-23(40(41,42)43)16-29(25)39(36)49-4/h5-16H,1H3. The number of rotatable bonds is 2. The maximum Gasteiger partial charge on any atom is 0.416 e. The highest BCUT2D eigenvalue weighted by Gasteiger charge is 2.36. The van der Waals surface area contributed by atoms with Crippen molar-refractivity contribution in [3.63, 3.8) is 0 Å². The Balaban J connectivity index is 1.49. The van der Waals surface area contributed by atoms with Gasteiger partial charge in [-0.3, -0.25) is 0 Å².